The molecule has 3 rings (SSSR count). The number of methoxy groups -OCH3 is 1. The lowest BCUT2D eigenvalue weighted by molar-refractivity contribution is 0.408. The molecule has 1 aromatic heterocycles. The molecule has 3 N–H and O–H groups in total. The minimum Gasteiger partial charge on any atom is -0.507 e. The largest absolute Gasteiger partial charge is 0.507 e. The van der Waals surface area contributed by atoms with Gasteiger partial charge >= 0.3 is 0 Å². The van der Waals surface area contributed by atoms with Crippen molar-refractivity contribution in [1.82, 2.24) is 0 Å². The van der Waals surface area contributed by atoms with Crippen molar-refractivity contribution in [3.63, 3.8) is 0 Å². The zero-order chi connectivity index (χ0) is 18.4. The molecule has 0 bridgehead atoms. The molecule has 0 saturated carbocycles. The van der Waals surface area contributed by atoms with Crippen LogP contribution < -0.4 is 10.2 Å². The Hall–Kier alpha value is -3.04. The summed E-state index contributed by atoms with van der Waals surface area (Å²) in [4.78, 5) is 11.9. The molecule has 0 spiro atoms. The van der Waals surface area contributed by atoms with Gasteiger partial charge in [0, 0.05) is 12.1 Å². The Morgan fingerprint density at radius 1 is 1.08 bits per heavy atom. The van der Waals surface area contributed by atoms with Gasteiger partial charge < -0.3 is 19.4 Å². The quantitative estimate of drug-likeness (QED) is 0.602. The van der Waals surface area contributed by atoms with E-state index >= 15 is 0 Å². The molecule has 0 aliphatic rings. The summed E-state index contributed by atoms with van der Waals surface area (Å²) in [6.07, 6.45) is 1.09. The van der Waals surface area contributed by atoms with E-state index in [4.69, 9.17) is 13.7 Å². The molecule has 130 valence electrons. The first kappa shape index (κ1) is 16.8. The number of hydrogen-bond acceptors (Lipinski definition) is 7. The van der Waals surface area contributed by atoms with Crippen molar-refractivity contribution in [2.45, 2.75) is 4.90 Å². The molecule has 25 heavy (non-hydrogen) atoms. The van der Waals surface area contributed by atoms with Gasteiger partial charge in [-0.25, -0.2) is 0 Å². The van der Waals surface area contributed by atoms with E-state index in [1.54, 1.807) is 0 Å². The maximum atomic E-state index is 12.7. The number of aromatic hydroxyl groups is 2. The van der Waals surface area contributed by atoms with Gasteiger partial charge in [0.25, 0.3) is 10.1 Å². The lowest BCUT2D eigenvalue weighted by Gasteiger charge is -2.08. The zero-order valence-electron chi connectivity index (χ0n) is 12.8. The Morgan fingerprint density at radius 2 is 1.80 bits per heavy atom. The number of phenols is 2. The third-order valence-corrected chi connectivity index (χ3v) is 4.50. The average Bonchev–Trinajstić information content (AvgIpc) is 2.54. The van der Waals surface area contributed by atoms with Gasteiger partial charge in [-0.05, 0) is 17.7 Å². The van der Waals surface area contributed by atoms with Crippen molar-refractivity contribution >= 4 is 21.1 Å². The molecule has 0 saturated heterocycles. The van der Waals surface area contributed by atoms with E-state index < -0.39 is 26.2 Å². The van der Waals surface area contributed by atoms with Crippen LogP contribution in [0, 0.1) is 0 Å². The number of rotatable bonds is 3. The number of fused-ring (bicyclic) bond motifs is 1. The van der Waals surface area contributed by atoms with Crippen LogP contribution >= 0.6 is 0 Å². The maximum Gasteiger partial charge on any atom is 0.298 e. The molecule has 0 fully saturated rings. The summed E-state index contributed by atoms with van der Waals surface area (Å²) in [6.45, 7) is 0. The van der Waals surface area contributed by atoms with Crippen LogP contribution in [0.15, 0.2) is 50.7 Å². The highest BCUT2D eigenvalue weighted by Crippen LogP contribution is 2.32. The van der Waals surface area contributed by atoms with Crippen molar-refractivity contribution in [2.24, 2.45) is 0 Å². The number of ether oxygens (including phenoxy) is 1. The van der Waals surface area contributed by atoms with E-state index in [1.165, 1.54) is 25.3 Å². The summed E-state index contributed by atoms with van der Waals surface area (Å²) in [5.41, 5.74) is -0.512. The van der Waals surface area contributed by atoms with Crippen molar-refractivity contribution in [3.8, 4) is 28.4 Å². The standard InChI is InChI=1S/C16H12O8S/c1-23-9-5-12(18)15-13(6-9)24-7-10(16(15)19)8-2-3-11(17)14(4-8)25(20,21)22/h2-7,17-18H,1H3,(H,20,21,22). The summed E-state index contributed by atoms with van der Waals surface area (Å²) in [6, 6.07) is 5.89. The molecule has 9 heteroatoms. The average molecular weight is 364 g/mol. The van der Waals surface area contributed by atoms with Gasteiger partial charge in [0.2, 0.25) is 5.43 Å². The number of hydrogen-bond donors (Lipinski definition) is 3. The molecular formula is C16H12O8S. The lowest BCUT2D eigenvalue weighted by atomic mass is 10.0. The van der Waals surface area contributed by atoms with Crippen LogP contribution in [0.25, 0.3) is 22.1 Å². The van der Waals surface area contributed by atoms with Crippen LogP contribution in [-0.2, 0) is 10.1 Å². The van der Waals surface area contributed by atoms with Gasteiger partial charge in [0.1, 0.15) is 39.4 Å². The first-order chi connectivity index (χ1) is 11.7. The van der Waals surface area contributed by atoms with Crippen LogP contribution in [0.1, 0.15) is 0 Å². The fraction of sp³-hybridized carbons (Fsp3) is 0.0625. The van der Waals surface area contributed by atoms with Crippen LogP contribution in [0.3, 0.4) is 0 Å². The highest BCUT2D eigenvalue weighted by molar-refractivity contribution is 7.86. The van der Waals surface area contributed by atoms with Crippen LogP contribution in [0.4, 0.5) is 0 Å². The second-order valence-electron chi connectivity index (χ2n) is 5.16. The molecule has 0 unspecified atom stereocenters. The van der Waals surface area contributed by atoms with E-state index in [2.05, 4.69) is 0 Å². The Labute approximate surface area is 141 Å². The third-order valence-electron chi connectivity index (χ3n) is 3.61. The van der Waals surface area contributed by atoms with Crippen molar-refractivity contribution in [1.29, 1.82) is 0 Å². The summed E-state index contributed by atoms with van der Waals surface area (Å²) in [5.74, 6) is -0.734. The Kier molecular flexibility index (Phi) is 3.90. The van der Waals surface area contributed by atoms with Gasteiger partial charge in [0.15, 0.2) is 0 Å². The van der Waals surface area contributed by atoms with Gasteiger partial charge in [-0.1, -0.05) is 6.07 Å². The fourth-order valence-electron chi connectivity index (χ4n) is 2.41. The molecule has 0 aliphatic heterocycles. The Balaban J connectivity index is 2.29. The topological polar surface area (TPSA) is 134 Å². The Morgan fingerprint density at radius 3 is 2.44 bits per heavy atom. The van der Waals surface area contributed by atoms with E-state index in [1.807, 2.05) is 0 Å². The van der Waals surface area contributed by atoms with E-state index in [0.29, 0.717) is 5.75 Å². The van der Waals surface area contributed by atoms with Crippen LogP contribution in [0.2, 0.25) is 0 Å². The monoisotopic (exact) mass is 364 g/mol. The smallest absolute Gasteiger partial charge is 0.298 e. The molecule has 0 radical (unpaired) electrons. The molecule has 8 nitrogen and oxygen atoms in total. The SMILES string of the molecule is COc1cc(O)c2c(=O)c(-c3ccc(O)c(S(=O)(=O)O)c3)coc2c1. The van der Waals surface area contributed by atoms with Gasteiger partial charge in [-0.15, -0.1) is 0 Å². The van der Waals surface area contributed by atoms with E-state index in [0.717, 1.165) is 18.4 Å². The van der Waals surface area contributed by atoms with Crippen molar-refractivity contribution in [3.05, 3.63) is 46.8 Å². The van der Waals surface area contributed by atoms with Crippen LogP contribution in [-0.4, -0.2) is 30.3 Å². The second kappa shape index (κ2) is 5.80. The first-order valence-corrected chi connectivity index (χ1v) is 8.30. The highest BCUT2D eigenvalue weighted by Gasteiger charge is 2.19. The molecular weight excluding hydrogens is 352 g/mol. The molecule has 0 atom stereocenters. The molecule has 1 heterocycles. The highest BCUT2D eigenvalue weighted by atomic mass is 32.2. The summed E-state index contributed by atoms with van der Waals surface area (Å²) in [5, 5.41) is 19.5. The summed E-state index contributed by atoms with van der Waals surface area (Å²) >= 11 is 0. The normalized spacial score (nSPS) is 11.6. The second-order valence-corrected chi connectivity index (χ2v) is 6.55. The van der Waals surface area contributed by atoms with Gasteiger partial charge in [-0.3, -0.25) is 9.35 Å². The first-order valence-electron chi connectivity index (χ1n) is 6.85. The zero-order valence-corrected chi connectivity index (χ0v) is 13.6. The van der Waals surface area contributed by atoms with E-state index in [9.17, 15) is 23.4 Å². The third kappa shape index (κ3) is 2.90. The molecule has 0 aliphatic carbocycles. The fourth-order valence-corrected chi connectivity index (χ4v) is 3.02. The maximum absolute atomic E-state index is 12.7. The Bertz CT molecular complexity index is 1140. The number of phenolic OH excluding ortho intramolecular Hbond substituents is 2. The van der Waals surface area contributed by atoms with Gasteiger partial charge in [0.05, 0.1) is 12.7 Å². The molecule has 3 aromatic rings. The lowest BCUT2D eigenvalue weighted by Crippen LogP contribution is -2.06. The van der Waals surface area contributed by atoms with Gasteiger partial charge in [-0.2, -0.15) is 8.42 Å². The summed E-state index contributed by atoms with van der Waals surface area (Å²) < 4.78 is 42.1. The van der Waals surface area contributed by atoms with Crippen LogP contribution in [0.5, 0.6) is 17.2 Å². The van der Waals surface area contributed by atoms with Crippen molar-refractivity contribution in [2.75, 3.05) is 7.11 Å². The number of benzene rings is 2. The van der Waals surface area contributed by atoms with Crippen molar-refractivity contribution < 1.29 is 32.3 Å². The molecule has 2 aromatic carbocycles. The minimum absolute atomic E-state index is 0.0575. The van der Waals surface area contributed by atoms with E-state index in [-0.39, 0.29) is 27.8 Å². The molecule has 0 amide bonds. The summed E-state index contributed by atoms with van der Waals surface area (Å²) in [7, 11) is -3.30. The predicted molar refractivity (Wildman–Crippen MR) is 87.6 cm³/mol. The predicted octanol–water partition coefficient (Wildman–Crippen LogP) is 2.13. The minimum atomic E-state index is -4.69.